The standard InChI is InChI=1S/C13H11BrN2O4/c1-8-5-11(20-16-8)13(18)19-7-12(17)15-10-4-2-3-9(14)6-10/h2-6H,7H2,1H3,(H,15,17). The number of hydrogen-bond acceptors (Lipinski definition) is 5. The quantitative estimate of drug-likeness (QED) is 0.866. The van der Waals surface area contributed by atoms with Crippen LogP contribution in [-0.2, 0) is 9.53 Å². The van der Waals surface area contributed by atoms with Gasteiger partial charge in [0, 0.05) is 16.2 Å². The fourth-order valence-corrected chi connectivity index (χ4v) is 1.82. The first-order valence-electron chi connectivity index (χ1n) is 5.70. The van der Waals surface area contributed by atoms with E-state index in [0.29, 0.717) is 11.4 Å². The van der Waals surface area contributed by atoms with Crippen molar-refractivity contribution in [2.24, 2.45) is 0 Å². The zero-order valence-corrected chi connectivity index (χ0v) is 12.1. The molecule has 0 spiro atoms. The fourth-order valence-electron chi connectivity index (χ4n) is 1.43. The molecule has 0 saturated heterocycles. The number of aromatic nitrogens is 1. The maximum absolute atomic E-state index is 11.6. The molecule has 1 aromatic carbocycles. The van der Waals surface area contributed by atoms with Gasteiger partial charge in [-0.05, 0) is 25.1 Å². The van der Waals surface area contributed by atoms with E-state index in [1.54, 1.807) is 25.1 Å². The lowest BCUT2D eigenvalue weighted by atomic mass is 10.3. The number of aryl methyl sites for hydroxylation is 1. The lowest BCUT2D eigenvalue weighted by molar-refractivity contribution is -0.119. The molecule has 0 radical (unpaired) electrons. The summed E-state index contributed by atoms with van der Waals surface area (Å²) < 4.78 is 10.4. The van der Waals surface area contributed by atoms with Gasteiger partial charge in [-0.1, -0.05) is 27.2 Å². The van der Waals surface area contributed by atoms with E-state index >= 15 is 0 Å². The van der Waals surface area contributed by atoms with Crippen molar-refractivity contribution in [3.63, 3.8) is 0 Å². The summed E-state index contributed by atoms with van der Waals surface area (Å²) in [6.45, 7) is 1.28. The minimum atomic E-state index is -0.727. The highest BCUT2D eigenvalue weighted by atomic mass is 79.9. The van der Waals surface area contributed by atoms with E-state index in [2.05, 4.69) is 26.4 Å². The zero-order valence-electron chi connectivity index (χ0n) is 10.6. The van der Waals surface area contributed by atoms with Crippen LogP contribution in [0.4, 0.5) is 5.69 Å². The average molecular weight is 339 g/mol. The summed E-state index contributed by atoms with van der Waals surface area (Å²) in [4.78, 5) is 23.1. The van der Waals surface area contributed by atoms with Gasteiger partial charge in [0.05, 0.1) is 5.69 Å². The normalized spacial score (nSPS) is 10.1. The van der Waals surface area contributed by atoms with Crippen molar-refractivity contribution in [1.29, 1.82) is 0 Å². The first kappa shape index (κ1) is 14.3. The SMILES string of the molecule is Cc1cc(C(=O)OCC(=O)Nc2cccc(Br)c2)on1. The topological polar surface area (TPSA) is 81.4 Å². The molecule has 0 saturated carbocycles. The van der Waals surface area contributed by atoms with E-state index in [4.69, 9.17) is 9.26 Å². The van der Waals surface area contributed by atoms with Gasteiger partial charge in [-0.25, -0.2) is 4.79 Å². The molecule has 1 aromatic heterocycles. The van der Waals surface area contributed by atoms with Gasteiger partial charge in [-0.15, -0.1) is 0 Å². The van der Waals surface area contributed by atoms with Crippen LogP contribution in [-0.4, -0.2) is 23.6 Å². The van der Waals surface area contributed by atoms with Gasteiger partial charge in [0.2, 0.25) is 5.76 Å². The van der Waals surface area contributed by atoms with E-state index in [0.717, 1.165) is 4.47 Å². The molecule has 0 atom stereocenters. The lowest BCUT2D eigenvalue weighted by Gasteiger charge is -2.05. The van der Waals surface area contributed by atoms with Crippen LogP contribution in [0, 0.1) is 6.92 Å². The van der Waals surface area contributed by atoms with Gasteiger partial charge in [-0.2, -0.15) is 0 Å². The third-order valence-corrected chi connectivity index (χ3v) is 2.77. The smallest absolute Gasteiger partial charge is 0.377 e. The van der Waals surface area contributed by atoms with E-state index in [9.17, 15) is 9.59 Å². The van der Waals surface area contributed by atoms with Crippen molar-refractivity contribution < 1.29 is 18.8 Å². The third-order valence-electron chi connectivity index (χ3n) is 2.27. The highest BCUT2D eigenvalue weighted by Crippen LogP contribution is 2.15. The molecule has 2 aromatic rings. The second-order valence-corrected chi connectivity index (χ2v) is 4.88. The molecule has 0 fully saturated rings. The van der Waals surface area contributed by atoms with Crippen LogP contribution in [0.3, 0.4) is 0 Å². The highest BCUT2D eigenvalue weighted by Gasteiger charge is 2.15. The summed E-state index contributed by atoms with van der Waals surface area (Å²) in [7, 11) is 0. The number of ether oxygens (including phenoxy) is 1. The summed E-state index contributed by atoms with van der Waals surface area (Å²) in [5, 5.41) is 6.16. The van der Waals surface area contributed by atoms with Crippen molar-refractivity contribution in [3.05, 3.63) is 46.3 Å². The Bertz CT molecular complexity index is 639. The first-order valence-corrected chi connectivity index (χ1v) is 6.50. The van der Waals surface area contributed by atoms with Crippen LogP contribution in [0.1, 0.15) is 16.2 Å². The number of amides is 1. The van der Waals surface area contributed by atoms with Crippen molar-refractivity contribution in [2.75, 3.05) is 11.9 Å². The van der Waals surface area contributed by atoms with E-state index in [1.807, 2.05) is 6.07 Å². The molecular weight excluding hydrogens is 328 g/mol. The maximum Gasteiger partial charge on any atom is 0.377 e. The van der Waals surface area contributed by atoms with Gasteiger partial charge in [0.1, 0.15) is 0 Å². The number of hydrogen-bond donors (Lipinski definition) is 1. The lowest BCUT2D eigenvalue weighted by Crippen LogP contribution is -2.20. The van der Waals surface area contributed by atoms with E-state index in [-0.39, 0.29) is 5.76 Å². The monoisotopic (exact) mass is 338 g/mol. The predicted molar refractivity (Wildman–Crippen MR) is 74.3 cm³/mol. The molecule has 104 valence electrons. The van der Waals surface area contributed by atoms with Crippen molar-refractivity contribution in [3.8, 4) is 0 Å². The summed E-state index contributed by atoms with van der Waals surface area (Å²) in [5.41, 5.74) is 1.17. The molecule has 0 aliphatic rings. The Hall–Kier alpha value is -2.15. The number of nitrogens with one attached hydrogen (secondary N) is 1. The predicted octanol–water partition coefficient (Wildman–Crippen LogP) is 2.54. The van der Waals surface area contributed by atoms with E-state index < -0.39 is 18.5 Å². The molecule has 1 amide bonds. The Morgan fingerprint density at radius 3 is 2.85 bits per heavy atom. The summed E-state index contributed by atoms with van der Waals surface area (Å²) in [6.07, 6.45) is 0. The Balaban J connectivity index is 1.85. The minimum absolute atomic E-state index is 0.0299. The van der Waals surface area contributed by atoms with Crippen molar-refractivity contribution in [1.82, 2.24) is 5.16 Å². The van der Waals surface area contributed by atoms with Crippen molar-refractivity contribution in [2.45, 2.75) is 6.92 Å². The van der Waals surface area contributed by atoms with E-state index in [1.165, 1.54) is 6.07 Å². The maximum atomic E-state index is 11.6. The molecule has 0 bridgehead atoms. The Morgan fingerprint density at radius 1 is 1.40 bits per heavy atom. The molecule has 0 aliphatic heterocycles. The number of carbonyl (C=O) groups excluding carboxylic acids is 2. The summed E-state index contributed by atoms with van der Waals surface area (Å²) >= 11 is 3.29. The van der Waals surface area contributed by atoms with Gasteiger partial charge in [-0.3, -0.25) is 4.79 Å². The van der Waals surface area contributed by atoms with Crippen LogP contribution in [0.2, 0.25) is 0 Å². The van der Waals surface area contributed by atoms with Gasteiger partial charge >= 0.3 is 5.97 Å². The van der Waals surface area contributed by atoms with Gasteiger partial charge in [0.25, 0.3) is 5.91 Å². The summed E-state index contributed by atoms with van der Waals surface area (Å²) in [6, 6.07) is 8.52. The van der Waals surface area contributed by atoms with Crippen LogP contribution in [0.25, 0.3) is 0 Å². The Morgan fingerprint density at radius 2 is 2.20 bits per heavy atom. The van der Waals surface area contributed by atoms with Crippen LogP contribution < -0.4 is 5.32 Å². The number of nitrogens with zero attached hydrogens (tertiary/aromatic N) is 1. The highest BCUT2D eigenvalue weighted by molar-refractivity contribution is 9.10. The number of benzene rings is 1. The molecule has 6 nitrogen and oxygen atoms in total. The molecular formula is C13H11BrN2O4. The van der Waals surface area contributed by atoms with Gasteiger partial charge < -0.3 is 14.6 Å². The first-order chi connectivity index (χ1) is 9.54. The average Bonchev–Trinajstić information content (AvgIpc) is 2.83. The molecule has 2 rings (SSSR count). The Kier molecular flexibility index (Phi) is 4.52. The number of carbonyl (C=O) groups is 2. The zero-order chi connectivity index (χ0) is 14.5. The molecule has 7 heteroatoms. The largest absolute Gasteiger partial charge is 0.450 e. The number of halogens is 1. The molecule has 1 heterocycles. The van der Waals surface area contributed by atoms with Crippen molar-refractivity contribution >= 4 is 33.5 Å². The molecule has 0 unspecified atom stereocenters. The van der Waals surface area contributed by atoms with Crippen LogP contribution >= 0.6 is 15.9 Å². The molecule has 0 aliphatic carbocycles. The number of rotatable bonds is 4. The second kappa shape index (κ2) is 6.33. The molecule has 20 heavy (non-hydrogen) atoms. The second-order valence-electron chi connectivity index (χ2n) is 3.97. The fraction of sp³-hybridized carbons (Fsp3) is 0.154. The van der Waals surface area contributed by atoms with Crippen LogP contribution in [0.15, 0.2) is 39.3 Å². The third kappa shape index (κ3) is 3.92. The minimum Gasteiger partial charge on any atom is -0.450 e. The Labute approximate surface area is 123 Å². The summed E-state index contributed by atoms with van der Waals surface area (Å²) in [5.74, 6) is -1.19. The van der Waals surface area contributed by atoms with Gasteiger partial charge in [0.15, 0.2) is 6.61 Å². The van der Waals surface area contributed by atoms with Crippen LogP contribution in [0.5, 0.6) is 0 Å². The number of esters is 1. The number of anilines is 1. The molecule has 1 N–H and O–H groups in total.